The molecule has 0 saturated carbocycles. The van der Waals surface area contributed by atoms with Gasteiger partial charge < -0.3 is 14.6 Å². The van der Waals surface area contributed by atoms with Crippen LogP contribution in [0.15, 0.2) is 0 Å². The Morgan fingerprint density at radius 1 is 1.33 bits per heavy atom. The number of amides is 1. The van der Waals surface area contributed by atoms with Gasteiger partial charge in [0.05, 0.1) is 12.2 Å². The van der Waals surface area contributed by atoms with Crippen LogP contribution in [0, 0.1) is 12.8 Å². The number of hydrogen-bond donors (Lipinski definition) is 1. The molecule has 0 fully saturated rings. The average molecular weight is 251 g/mol. The molecule has 0 aliphatic carbocycles. The summed E-state index contributed by atoms with van der Waals surface area (Å²) >= 11 is 0. The van der Waals surface area contributed by atoms with Crippen LogP contribution < -0.4 is 0 Å². The fourth-order valence-electron chi connectivity index (χ4n) is 2.27. The molecule has 6 nitrogen and oxygen atoms in total. The van der Waals surface area contributed by atoms with Crippen LogP contribution in [0.3, 0.4) is 0 Å². The fourth-order valence-corrected chi connectivity index (χ4v) is 2.27. The van der Waals surface area contributed by atoms with Crippen LogP contribution in [0.5, 0.6) is 0 Å². The molecular weight excluding hydrogens is 234 g/mol. The molecule has 1 aromatic rings. The number of fused-ring (bicyclic) bond motifs is 1. The van der Waals surface area contributed by atoms with Crippen LogP contribution in [0.4, 0.5) is 0 Å². The first kappa shape index (κ1) is 12.6. The maximum absolute atomic E-state index is 11.9. The summed E-state index contributed by atoms with van der Waals surface area (Å²) in [6, 6.07) is 0. The second-order valence-electron chi connectivity index (χ2n) is 4.83. The third-order valence-electron chi connectivity index (χ3n) is 3.21. The van der Waals surface area contributed by atoms with Crippen LogP contribution in [0.25, 0.3) is 0 Å². The molecule has 0 spiro atoms. The van der Waals surface area contributed by atoms with E-state index >= 15 is 0 Å². The number of carbonyl (C=O) groups is 2. The monoisotopic (exact) mass is 251 g/mol. The predicted octanol–water partition coefficient (Wildman–Crippen LogP) is 0.888. The third kappa shape index (κ3) is 1.98. The molecule has 0 atom stereocenters. The molecule has 0 bridgehead atoms. The highest BCUT2D eigenvalue weighted by molar-refractivity contribution is 5.87. The van der Waals surface area contributed by atoms with E-state index in [1.807, 2.05) is 18.4 Å². The van der Waals surface area contributed by atoms with Crippen molar-refractivity contribution in [1.29, 1.82) is 0 Å². The molecule has 98 valence electrons. The minimum absolute atomic E-state index is 0.0523. The smallest absolute Gasteiger partial charge is 0.356 e. The van der Waals surface area contributed by atoms with Crippen molar-refractivity contribution in [2.24, 2.45) is 5.92 Å². The Morgan fingerprint density at radius 2 is 2.00 bits per heavy atom. The Labute approximate surface area is 105 Å². The molecule has 2 rings (SSSR count). The standard InChI is InChI=1S/C12H17N3O3/c1-7(2)11(16)14-4-5-15-8(3)13-10(12(17)18)9(15)6-14/h7H,4-6H2,1-3H3,(H,17,18). The molecule has 6 heteroatoms. The molecule has 2 heterocycles. The van der Waals surface area contributed by atoms with Crippen molar-refractivity contribution in [3.05, 3.63) is 17.2 Å². The number of aromatic nitrogens is 2. The molecule has 18 heavy (non-hydrogen) atoms. The summed E-state index contributed by atoms with van der Waals surface area (Å²) in [5, 5.41) is 9.11. The highest BCUT2D eigenvalue weighted by Crippen LogP contribution is 2.20. The summed E-state index contributed by atoms with van der Waals surface area (Å²) in [7, 11) is 0. The van der Waals surface area contributed by atoms with Crippen LogP contribution >= 0.6 is 0 Å². The normalized spacial score (nSPS) is 14.8. The molecule has 0 unspecified atom stereocenters. The second kappa shape index (κ2) is 4.44. The molecule has 0 saturated heterocycles. The van der Waals surface area contributed by atoms with Gasteiger partial charge >= 0.3 is 5.97 Å². The molecule has 1 amide bonds. The predicted molar refractivity (Wildman–Crippen MR) is 64.2 cm³/mol. The van der Waals surface area contributed by atoms with E-state index in [1.165, 1.54) is 0 Å². The van der Waals surface area contributed by atoms with Crippen molar-refractivity contribution in [1.82, 2.24) is 14.5 Å². The van der Waals surface area contributed by atoms with Crippen LogP contribution in [0.1, 0.15) is 35.9 Å². The maximum atomic E-state index is 11.9. The average Bonchev–Trinajstić information content (AvgIpc) is 2.65. The first-order valence-corrected chi connectivity index (χ1v) is 6.00. The quantitative estimate of drug-likeness (QED) is 0.847. The topological polar surface area (TPSA) is 75.4 Å². The maximum Gasteiger partial charge on any atom is 0.356 e. The number of aromatic carboxylic acids is 1. The van der Waals surface area contributed by atoms with E-state index in [-0.39, 0.29) is 17.5 Å². The van der Waals surface area contributed by atoms with E-state index in [4.69, 9.17) is 5.11 Å². The Bertz CT molecular complexity index is 505. The van der Waals surface area contributed by atoms with E-state index in [2.05, 4.69) is 4.98 Å². The second-order valence-corrected chi connectivity index (χ2v) is 4.83. The summed E-state index contributed by atoms with van der Waals surface area (Å²) in [4.78, 5) is 28.8. The Hall–Kier alpha value is -1.85. The number of carboxylic acids is 1. The summed E-state index contributed by atoms with van der Waals surface area (Å²) in [5.74, 6) is -0.366. The Kier molecular flexibility index (Phi) is 3.11. The minimum atomic E-state index is -1.04. The Balaban J connectivity index is 2.33. The van der Waals surface area contributed by atoms with E-state index in [0.717, 1.165) is 0 Å². The van der Waals surface area contributed by atoms with Crippen molar-refractivity contribution in [2.75, 3.05) is 6.54 Å². The van der Waals surface area contributed by atoms with Gasteiger partial charge in [-0.3, -0.25) is 4.79 Å². The molecule has 1 aromatic heterocycles. The van der Waals surface area contributed by atoms with Crippen LogP contribution in [0.2, 0.25) is 0 Å². The molecule has 0 radical (unpaired) electrons. The van der Waals surface area contributed by atoms with Gasteiger partial charge in [-0.1, -0.05) is 13.8 Å². The summed E-state index contributed by atoms with van der Waals surface area (Å²) in [6.45, 7) is 7.03. The third-order valence-corrected chi connectivity index (χ3v) is 3.21. The summed E-state index contributed by atoms with van der Waals surface area (Å²) in [6.07, 6.45) is 0. The lowest BCUT2D eigenvalue weighted by atomic mass is 10.1. The van der Waals surface area contributed by atoms with Gasteiger partial charge in [0.25, 0.3) is 0 Å². The van der Waals surface area contributed by atoms with Crippen LogP contribution in [-0.4, -0.2) is 38.0 Å². The highest BCUT2D eigenvalue weighted by atomic mass is 16.4. The zero-order chi connectivity index (χ0) is 13.4. The van der Waals surface area contributed by atoms with Crippen molar-refractivity contribution >= 4 is 11.9 Å². The zero-order valence-corrected chi connectivity index (χ0v) is 10.8. The molecular formula is C12H17N3O3. The van der Waals surface area contributed by atoms with Gasteiger partial charge in [-0.15, -0.1) is 0 Å². The van der Waals surface area contributed by atoms with Crippen LogP contribution in [-0.2, 0) is 17.9 Å². The number of carbonyl (C=O) groups excluding carboxylic acids is 1. The van der Waals surface area contributed by atoms with Gasteiger partial charge in [0.1, 0.15) is 5.82 Å². The first-order valence-electron chi connectivity index (χ1n) is 6.00. The van der Waals surface area contributed by atoms with E-state index in [1.54, 1.807) is 11.8 Å². The number of carboxylic acid groups (broad SMARTS) is 1. The number of hydrogen-bond acceptors (Lipinski definition) is 3. The lowest BCUT2D eigenvalue weighted by Gasteiger charge is -2.30. The van der Waals surface area contributed by atoms with E-state index in [9.17, 15) is 9.59 Å². The SMILES string of the molecule is Cc1nc(C(=O)O)c2n1CCN(C(=O)C(C)C)C2. The van der Waals surface area contributed by atoms with Gasteiger partial charge in [0.15, 0.2) is 5.69 Å². The molecule has 1 aliphatic rings. The number of imidazole rings is 1. The van der Waals surface area contributed by atoms with Gasteiger partial charge in [-0.25, -0.2) is 9.78 Å². The van der Waals surface area contributed by atoms with Gasteiger partial charge in [0.2, 0.25) is 5.91 Å². The molecule has 1 aliphatic heterocycles. The number of nitrogens with zero attached hydrogens (tertiary/aromatic N) is 3. The van der Waals surface area contributed by atoms with Crippen molar-refractivity contribution in [3.63, 3.8) is 0 Å². The largest absolute Gasteiger partial charge is 0.476 e. The number of rotatable bonds is 2. The zero-order valence-electron chi connectivity index (χ0n) is 10.8. The summed E-state index contributed by atoms with van der Waals surface area (Å²) in [5.41, 5.74) is 0.689. The van der Waals surface area contributed by atoms with Crippen molar-refractivity contribution < 1.29 is 14.7 Å². The summed E-state index contributed by atoms with van der Waals surface area (Å²) < 4.78 is 1.88. The van der Waals surface area contributed by atoms with Crippen molar-refractivity contribution in [2.45, 2.75) is 33.9 Å². The van der Waals surface area contributed by atoms with Crippen molar-refractivity contribution in [3.8, 4) is 0 Å². The lowest BCUT2D eigenvalue weighted by molar-refractivity contribution is -0.135. The van der Waals surface area contributed by atoms with Gasteiger partial charge in [-0.2, -0.15) is 0 Å². The molecule has 1 N–H and O–H groups in total. The van der Waals surface area contributed by atoms with Gasteiger partial charge in [-0.05, 0) is 6.92 Å². The van der Waals surface area contributed by atoms with Gasteiger partial charge in [0, 0.05) is 19.0 Å². The number of aryl methyl sites for hydroxylation is 1. The molecule has 0 aromatic carbocycles. The van der Waals surface area contributed by atoms with E-state index < -0.39 is 5.97 Å². The first-order chi connectivity index (χ1) is 8.41. The lowest BCUT2D eigenvalue weighted by Crippen LogP contribution is -2.40. The van der Waals surface area contributed by atoms with E-state index in [0.29, 0.717) is 31.2 Å². The minimum Gasteiger partial charge on any atom is -0.476 e. The Morgan fingerprint density at radius 3 is 2.56 bits per heavy atom. The highest BCUT2D eigenvalue weighted by Gasteiger charge is 2.28. The fraction of sp³-hybridized carbons (Fsp3) is 0.583.